The number of carbonyl (C=O) groups excluding carboxylic acids is 1. The number of ketones is 1. The molecule has 0 saturated heterocycles. The van der Waals surface area contributed by atoms with Crippen LogP contribution in [-0.2, 0) is 6.42 Å². The van der Waals surface area contributed by atoms with Gasteiger partial charge in [0.25, 0.3) is 0 Å². The Morgan fingerprint density at radius 1 is 0.973 bits per heavy atom. The van der Waals surface area contributed by atoms with Gasteiger partial charge >= 0.3 is 0 Å². The molecule has 1 heterocycles. The van der Waals surface area contributed by atoms with Crippen molar-refractivity contribution in [3.63, 3.8) is 0 Å². The Morgan fingerprint density at radius 2 is 1.65 bits per heavy atom. The quantitative estimate of drug-likeness (QED) is 0.128. The first-order valence-corrected chi connectivity index (χ1v) is 12.9. The molecule has 0 amide bonds. The summed E-state index contributed by atoms with van der Waals surface area (Å²) in [7, 11) is 0. The van der Waals surface area contributed by atoms with E-state index in [1.807, 2.05) is 66.9 Å². The van der Waals surface area contributed by atoms with Gasteiger partial charge in [-0.1, -0.05) is 92.2 Å². The highest BCUT2D eigenvalue weighted by Gasteiger charge is 2.38. The number of Topliss-reactive ketones (excluding diaryl/α,β-unsaturated/α-hetero) is 1. The van der Waals surface area contributed by atoms with Crippen molar-refractivity contribution in [2.24, 2.45) is 5.92 Å². The van der Waals surface area contributed by atoms with E-state index in [9.17, 15) is 15.2 Å². The van der Waals surface area contributed by atoms with Gasteiger partial charge in [-0.15, -0.1) is 0 Å². The van der Waals surface area contributed by atoms with Crippen molar-refractivity contribution in [1.29, 1.82) is 0 Å². The van der Waals surface area contributed by atoms with Gasteiger partial charge in [-0.2, -0.15) is 4.90 Å². The van der Waals surface area contributed by atoms with E-state index in [0.717, 1.165) is 42.3 Å². The molecule has 0 aliphatic rings. The molecule has 2 atom stereocenters. The van der Waals surface area contributed by atoms with Crippen LogP contribution < -0.4 is 4.99 Å². The zero-order valence-corrected chi connectivity index (χ0v) is 21.1. The number of H-pyrrole nitrogens is 1. The van der Waals surface area contributed by atoms with Crippen LogP contribution in [0.5, 0.6) is 0 Å². The summed E-state index contributed by atoms with van der Waals surface area (Å²) in [4.78, 5) is 20.5. The second-order valence-electron chi connectivity index (χ2n) is 9.24. The number of nitrogens with zero attached hydrogens (tertiary/aromatic N) is 1. The van der Waals surface area contributed by atoms with E-state index in [-0.39, 0.29) is 5.78 Å². The van der Waals surface area contributed by atoms with Gasteiger partial charge in [0.1, 0.15) is 12.5 Å². The summed E-state index contributed by atoms with van der Waals surface area (Å²) in [5, 5.41) is 24.7. The number of nitrogens with one attached hydrogen (secondary N) is 2. The van der Waals surface area contributed by atoms with Gasteiger partial charge in [-0.05, 0) is 23.6 Å². The zero-order chi connectivity index (χ0) is 26.0. The molecule has 1 aromatic heterocycles. The Hall–Kier alpha value is -4.19. The molecule has 0 aliphatic carbocycles. The predicted molar refractivity (Wildman–Crippen MR) is 149 cm³/mol. The molecule has 0 aliphatic heterocycles. The van der Waals surface area contributed by atoms with Crippen LogP contribution in [0.3, 0.4) is 0 Å². The van der Waals surface area contributed by atoms with E-state index >= 15 is 0 Å². The first-order valence-electron chi connectivity index (χ1n) is 12.9. The summed E-state index contributed by atoms with van der Waals surface area (Å²) < 4.78 is 0. The first-order chi connectivity index (χ1) is 18.1. The van der Waals surface area contributed by atoms with Crippen LogP contribution in [0.4, 0.5) is 0 Å². The molecule has 4 aromatic rings. The molecular weight excluding hydrogens is 462 g/mol. The molecule has 0 spiro atoms. The molecule has 37 heavy (non-hydrogen) atoms. The molecule has 6 nitrogen and oxygen atoms in total. The zero-order valence-electron chi connectivity index (χ0n) is 21.1. The maximum absolute atomic E-state index is 14.0. The lowest BCUT2D eigenvalue weighted by Gasteiger charge is -2.22. The lowest BCUT2D eigenvalue weighted by molar-refractivity contribution is -0.460. The summed E-state index contributed by atoms with van der Waals surface area (Å²) in [5.41, 5.74) is 4.44. The number of fused-ring (bicyclic) bond motifs is 1. The maximum atomic E-state index is 14.0. The Morgan fingerprint density at radius 3 is 2.35 bits per heavy atom. The van der Waals surface area contributed by atoms with Crippen LogP contribution in [0.15, 0.2) is 91.1 Å². The number of hydrogen-bond donors (Lipinski definition) is 2. The van der Waals surface area contributed by atoms with Crippen molar-refractivity contribution < 1.29 is 14.7 Å². The lowest BCUT2D eigenvalue weighted by atomic mass is 9.77. The summed E-state index contributed by atoms with van der Waals surface area (Å²) >= 11 is 0. The van der Waals surface area contributed by atoms with Crippen LogP contribution in [0.1, 0.15) is 53.6 Å². The van der Waals surface area contributed by atoms with Crippen LogP contribution in [0.2, 0.25) is 0 Å². The Bertz CT molecular complexity index is 1360. The van der Waals surface area contributed by atoms with Crippen molar-refractivity contribution in [3.8, 4) is 0 Å². The highest BCUT2D eigenvalue weighted by Crippen LogP contribution is 2.28. The normalized spacial score (nSPS) is 13.3. The second-order valence-corrected chi connectivity index (χ2v) is 9.24. The molecule has 2 N–H and O–H groups in total. The first kappa shape index (κ1) is 25.9. The van der Waals surface area contributed by atoms with Crippen molar-refractivity contribution in [3.05, 3.63) is 118 Å². The SMILES string of the molecule is CCCCC(=[NH+]CCc1c[nH]c2ccccc12)C(C(=O)c1ccccc1)C(C=[N+]([O-])[O-])c1ccccc1. The monoisotopic (exact) mass is 495 g/mol. The average molecular weight is 496 g/mol. The fraction of sp³-hybridized carbons (Fsp3) is 0.258. The van der Waals surface area contributed by atoms with Gasteiger partial charge in [0.2, 0.25) is 0 Å². The van der Waals surface area contributed by atoms with Gasteiger partial charge in [0, 0.05) is 35.5 Å². The Balaban J connectivity index is 1.75. The Kier molecular flexibility index (Phi) is 8.87. The molecular formula is C31H33N3O3. The highest BCUT2D eigenvalue weighted by atomic mass is 16.8. The largest absolute Gasteiger partial charge is 0.613 e. The van der Waals surface area contributed by atoms with Gasteiger partial charge in [-0.3, -0.25) is 4.79 Å². The minimum absolute atomic E-state index is 0.113. The van der Waals surface area contributed by atoms with Gasteiger partial charge in [0.05, 0.1) is 5.92 Å². The molecule has 3 aromatic carbocycles. The molecule has 0 saturated carbocycles. The minimum atomic E-state index is -0.704. The number of unbranched alkanes of at least 4 members (excludes halogenated alkanes) is 1. The van der Waals surface area contributed by atoms with Gasteiger partial charge < -0.3 is 15.4 Å². The van der Waals surface area contributed by atoms with Gasteiger partial charge in [-0.25, -0.2) is 4.99 Å². The second kappa shape index (κ2) is 12.7. The van der Waals surface area contributed by atoms with Gasteiger partial charge in [0.15, 0.2) is 17.7 Å². The fourth-order valence-corrected chi connectivity index (χ4v) is 4.91. The molecule has 0 fully saturated rings. The number of hydrogen-bond acceptors (Lipinski definition) is 3. The van der Waals surface area contributed by atoms with Crippen molar-refractivity contribution >= 4 is 28.6 Å². The number of rotatable bonds is 12. The van der Waals surface area contributed by atoms with Crippen LogP contribution in [0.25, 0.3) is 10.9 Å². The number of aromatic nitrogens is 1. The topological polar surface area (TPSA) is 96.0 Å². The number of carbonyl (C=O) groups is 1. The van der Waals surface area contributed by atoms with Crippen molar-refractivity contribution in [1.82, 2.24) is 4.98 Å². The van der Waals surface area contributed by atoms with E-state index in [1.165, 1.54) is 10.9 Å². The lowest BCUT2D eigenvalue weighted by Crippen LogP contribution is -2.76. The van der Waals surface area contributed by atoms with E-state index in [1.54, 1.807) is 12.1 Å². The third-order valence-electron chi connectivity index (χ3n) is 6.76. The number of benzene rings is 3. The van der Waals surface area contributed by atoms with Crippen LogP contribution in [0, 0.1) is 16.3 Å². The van der Waals surface area contributed by atoms with Crippen molar-refractivity contribution in [2.45, 2.75) is 38.5 Å². The summed E-state index contributed by atoms with van der Waals surface area (Å²) in [6.45, 7) is 2.73. The average Bonchev–Trinajstić information content (AvgIpc) is 3.34. The summed E-state index contributed by atoms with van der Waals surface area (Å²) in [6, 6.07) is 26.6. The molecule has 4 rings (SSSR count). The predicted octanol–water partition coefficient (Wildman–Crippen LogP) is 4.78. The molecule has 0 bridgehead atoms. The molecule has 0 radical (unpaired) electrons. The van der Waals surface area contributed by atoms with E-state index in [0.29, 0.717) is 18.5 Å². The van der Waals surface area contributed by atoms with Crippen molar-refractivity contribution in [2.75, 3.05) is 6.54 Å². The van der Waals surface area contributed by atoms with Crippen LogP contribution in [-0.4, -0.2) is 34.1 Å². The third-order valence-corrected chi connectivity index (χ3v) is 6.76. The fourth-order valence-electron chi connectivity index (χ4n) is 4.91. The minimum Gasteiger partial charge on any atom is -0.613 e. The smallest absolute Gasteiger partial charge is 0.177 e. The standard InChI is InChI=1S/C31H32N3O3/c1-2-3-17-29(32-20-19-25-21-33-28-18-11-10-16-26(25)28)30(31(35)24-14-8-5-9-15-24)27(22-34(36)37)23-12-6-4-7-13-23/h4-16,18,21-22,27,30,33H,2-3,17,19-20H2,1H3/q-1/p+1. The Labute approximate surface area is 217 Å². The number of para-hydroxylation sites is 1. The highest BCUT2D eigenvalue weighted by molar-refractivity contribution is 6.13. The van der Waals surface area contributed by atoms with E-state index in [2.05, 4.69) is 29.0 Å². The van der Waals surface area contributed by atoms with Crippen LogP contribution >= 0.6 is 0 Å². The van der Waals surface area contributed by atoms with E-state index < -0.39 is 16.7 Å². The molecule has 6 heteroatoms. The number of aromatic amines is 1. The molecule has 190 valence electrons. The summed E-state index contributed by atoms with van der Waals surface area (Å²) in [5.74, 6) is -1.51. The molecule has 2 unspecified atom stereocenters. The third kappa shape index (κ3) is 6.53. The maximum Gasteiger partial charge on any atom is 0.177 e. The summed E-state index contributed by atoms with van der Waals surface area (Å²) in [6.07, 6.45) is 6.37. The van der Waals surface area contributed by atoms with E-state index in [4.69, 9.17) is 0 Å².